The molecule has 6 rings (SSSR count). The Kier molecular flexibility index (Phi) is 6.58. The quantitative estimate of drug-likeness (QED) is 0.200. The lowest BCUT2D eigenvalue weighted by molar-refractivity contribution is -0.614. The predicted octanol–water partition coefficient (Wildman–Crippen LogP) is 6.47. The van der Waals surface area contributed by atoms with Crippen LogP contribution in [-0.2, 0) is 4.79 Å². The van der Waals surface area contributed by atoms with Crippen LogP contribution in [0.4, 0.5) is 10.1 Å². The van der Waals surface area contributed by atoms with E-state index in [1.54, 1.807) is 36.7 Å². The number of nitrogens with zero attached hydrogens (tertiary/aromatic N) is 3. The van der Waals surface area contributed by atoms with Gasteiger partial charge in [-0.3, -0.25) is 4.79 Å². The molecule has 2 N–H and O–H groups in total. The topological polar surface area (TPSA) is 111 Å². The monoisotopic (exact) mass is 543 g/mol. The van der Waals surface area contributed by atoms with Gasteiger partial charge in [-0.25, -0.2) is 14.4 Å². The summed E-state index contributed by atoms with van der Waals surface area (Å²) in [6.07, 6.45) is 8.32. The van der Waals surface area contributed by atoms with Crippen LogP contribution in [0.15, 0.2) is 77.9 Å². The van der Waals surface area contributed by atoms with Gasteiger partial charge in [0, 0.05) is 39.8 Å². The maximum absolute atomic E-state index is 14.1. The highest BCUT2D eigenvalue weighted by Crippen LogP contribution is 2.36. The number of carbonyl (C=O) groups excluding carboxylic acids is 1. The third kappa shape index (κ3) is 5.00. The summed E-state index contributed by atoms with van der Waals surface area (Å²) in [4.78, 5) is 24.4. The van der Waals surface area contributed by atoms with Crippen molar-refractivity contribution in [3.8, 4) is 33.7 Å². The first kappa shape index (κ1) is 24.8. The Morgan fingerprint density at radius 2 is 1.95 bits per heavy atom. The minimum atomic E-state index is -0.429. The maximum Gasteiger partial charge on any atom is 0.224 e. The molecule has 0 unspecified atom stereocenters. The average Bonchev–Trinajstić information content (AvgIpc) is 3.63. The molecule has 1 aliphatic rings. The number of imidazole rings is 1. The fourth-order valence-electron chi connectivity index (χ4n) is 5.01. The Balaban J connectivity index is 1.40. The number of halogens is 2. The van der Waals surface area contributed by atoms with E-state index in [1.807, 2.05) is 12.1 Å². The van der Waals surface area contributed by atoms with Gasteiger partial charge in [0.2, 0.25) is 11.6 Å². The number of fused-ring (bicyclic) bond motifs is 4. The zero-order valence-electron chi connectivity index (χ0n) is 20.7. The van der Waals surface area contributed by atoms with Crippen molar-refractivity contribution < 1.29 is 18.3 Å². The van der Waals surface area contributed by atoms with Crippen LogP contribution in [0.3, 0.4) is 0 Å². The second-order valence-electron chi connectivity index (χ2n) is 9.44. The first-order valence-electron chi connectivity index (χ1n) is 12.5. The molecule has 1 amide bonds. The summed E-state index contributed by atoms with van der Waals surface area (Å²) in [5.74, 6) is 0.215. The summed E-state index contributed by atoms with van der Waals surface area (Å²) in [5, 5.41) is 16.9. The van der Waals surface area contributed by atoms with Gasteiger partial charge in [-0.2, -0.15) is 4.73 Å². The van der Waals surface area contributed by atoms with Crippen LogP contribution in [0.5, 0.6) is 0 Å². The van der Waals surface area contributed by atoms with Crippen LogP contribution in [0.1, 0.15) is 43.1 Å². The van der Waals surface area contributed by atoms with Gasteiger partial charge in [-0.15, -0.1) is 0 Å². The van der Waals surface area contributed by atoms with E-state index in [1.165, 1.54) is 24.7 Å². The number of hydrogen-bond acceptors (Lipinski definition) is 5. The molecule has 2 aromatic carbocycles. The molecule has 4 heterocycles. The molecular weight excluding hydrogens is 521 g/mol. The lowest BCUT2D eigenvalue weighted by atomic mass is 9.94. The first-order chi connectivity index (χ1) is 19.0. The summed E-state index contributed by atoms with van der Waals surface area (Å²) in [5.41, 5.74) is 4.21. The zero-order valence-corrected chi connectivity index (χ0v) is 21.4. The van der Waals surface area contributed by atoms with Crippen LogP contribution < -0.4 is 10.0 Å². The maximum atomic E-state index is 14.1. The molecule has 2 bridgehead atoms. The van der Waals surface area contributed by atoms with Crippen LogP contribution in [0.25, 0.3) is 33.7 Å². The summed E-state index contributed by atoms with van der Waals surface area (Å²) in [6.45, 7) is 0. The average molecular weight is 544 g/mol. The zero-order chi connectivity index (χ0) is 26.9. The number of benzene rings is 2. The normalized spacial score (nSPS) is 15.6. The predicted molar refractivity (Wildman–Crippen MR) is 144 cm³/mol. The Hall–Kier alpha value is -4.50. The van der Waals surface area contributed by atoms with Crippen LogP contribution in [0, 0.1) is 11.0 Å². The highest BCUT2D eigenvalue weighted by atomic mass is 35.5. The SMILES string of the molecule is O=C1CCCC[C@H](c2ccc(-c3cc(Cl)ccc3-c3cnco3)c[n+]2[O-])c2ncc([nH]2)-c2cc(F)ccc2N1. The summed E-state index contributed by atoms with van der Waals surface area (Å²) in [6, 6.07) is 13.2. The van der Waals surface area contributed by atoms with Crippen molar-refractivity contribution in [2.75, 3.05) is 5.32 Å². The Morgan fingerprint density at radius 3 is 2.77 bits per heavy atom. The lowest BCUT2D eigenvalue weighted by Gasteiger charge is -2.17. The second-order valence-corrected chi connectivity index (χ2v) is 9.88. The number of amides is 1. The smallest absolute Gasteiger partial charge is 0.224 e. The van der Waals surface area contributed by atoms with Gasteiger partial charge >= 0.3 is 0 Å². The molecule has 39 heavy (non-hydrogen) atoms. The molecule has 0 radical (unpaired) electrons. The van der Waals surface area contributed by atoms with E-state index >= 15 is 0 Å². The van der Waals surface area contributed by atoms with Gasteiger partial charge in [0.25, 0.3) is 0 Å². The third-order valence-corrected chi connectivity index (χ3v) is 7.15. The number of rotatable bonds is 3. The minimum Gasteiger partial charge on any atom is -0.618 e. The highest BCUT2D eigenvalue weighted by molar-refractivity contribution is 6.31. The molecule has 0 spiro atoms. The number of pyridine rings is 1. The molecule has 1 atom stereocenters. The third-order valence-electron chi connectivity index (χ3n) is 6.91. The Bertz CT molecular complexity index is 1670. The summed E-state index contributed by atoms with van der Waals surface area (Å²) < 4.78 is 20.5. The second kappa shape index (κ2) is 10.3. The van der Waals surface area contributed by atoms with Crippen LogP contribution in [0.2, 0.25) is 5.02 Å². The number of aromatic nitrogens is 4. The fraction of sp³-hybridized carbons (Fsp3) is 0.172. The largest absolute Gasteiger partial charge is 0.618 e. The first-order valence-corrected chi connectivity index (χ1v) is 12.9. The van der Waals surface area contributed by atoms with E-state index in [-0.39, 0.29) is 11.8 Å². The van der Waals surface area contributed by atoms with Gasteiger partial charge in [-0.1, -0.05) is 18.0 Å². The standard InChI is InChI=1S/C29H23ClFN5O3/c30-18-6-8-20(27-14-32-16-39-27)22(11-18)17-5-10-26(36(38)15-17)21-3-1-2-4-28(37)34-24-9-7-19(31)12-23(24)25-13-33-29(21)35-25/h5-16,21H,1-4H2,(H,33,35)(H,34,37)/t21-/m1/s1. The molecule has 8 nitrogen and oxygen atoms in total. The fourth-order valence-corrected chi connectivity index (χ4v) is 5.18. The minimum absolute atomic E-state index is 0.146. The molecule has 1 aliphatic heterocycles. The van der Waals surface area contributed by atoms with E-state index in [0.29, 0.717) is 70.5 Å². The number of H-pyrrole nitrogens is 1. The van der Waals surface area contributed by atoms with E-state index < -0.39 is 5.82 Å². The summed E-state index contributed by atoms with van der Waals surface area (Å²) in [7, 11) is 0. The molecular formula is C29H23ClFN5O3. The van der Waals surface area contributed by atoms with Crippen molar-refractivity contribution in [1.29, 1.82) is 0 Å². The van der Waals surface area contributed by atoms with Gasteiger partial charge < -0.3 is 19.9 Å². The van der Waals surface area contributed by atoms with Crippen molar-refractivity contribution in [3.63, 3.8) is 0 Å². The number of hydrogen-bond donors (Lipinski definition) is 2. The van der Waals surface area contributed by atoms with Gasteiger partial charge in [0.15, 0.2) is 18.4 Å². The molecule has 10 heteroatoms. The number of nitrogens with one attached hydrogen (secondary N) is 2. The van der Waals surface area contributed by atoms with Crippen LogP contribution >= 0.6 is 11.6 Å². The molecule has 196 valence electrons. The Morgan fingerprint density at radius 1 is 1.05 bits per heavy atom. The molecule has 0 aliphatic carbocycles. The number of oxazole rings is 1. The number of aromatic amines is 1. The lowest BCUT2D eigenvalue weighted by Crippen LogP contribution is -2.34. The van der Waals surface area contributed by atoms with E-state index in [2.05, 4.69) is 20.3 Å². The van der Waals surface area contributed by atoms with Gasteiger partial charge in [0.1, 0.15) is 17.6 Å². The van der Waals surface area contributed by atoms with Crippen molar-refractivity contribution in [2.45, 2.75) is 31.6 Å². The van der Waals surface area contributed by atoms with Crippen molar-refractivity contribution >= 4 is 23.2 Å². The molecule has 3 aromatic heterocycles. The van der Waals surface area contributed by atoms with Crippen molar-refractivity contribution in [1.82, 2.24) is 15.0 Å². The molecule has 0 saturated heterocycles. The molecule has 0 fully saturated rings. The van der Waals surface area contributed by atoms with E-state index in [9.17, 15) is 14.4 Å². The van der Waals surface area contributed by atoms with Gasteiger partial charge in [-0.05, 0) is 55.3 Å². The summed E-state index contributed by atoms with van der Waals surface area (Å²) >= 11 is 6.29. The van der Waals surface area contributed by atoms with Crippen LogP contribution in [-0.4, -0.2) is 20.9 Å². The van der Waals surface area contributed by atoms with E-state index in [0.717, 1.165) is 15.9 Å². The number of carbonyl (C=O) groups is 1. The Labute approximate surface area is 228 Å². The molecule has 0 saturated carbocycles. The highest BCUT2D eigenvalue weighted by Gasteiger charge is 2.27. The van der Waals surface area contributed by atoms with Crippen molar-refractivity contribution in [2.24, 2.45) is 0 Å². The van der Waals surface area contributed by atoms with Crippen molar-refractivity contribution in [3.05, 3.63) is 101 Å². The molecule has 5 aromatic rings. The van der Waals surface area contributed by atoms with Gasteiger partial charge in [0.05, 0.1) is 23.8 Å². The van der Waals surface area contributed by atoms with E-state index in [4.69, 9.17) is 16.0 Å². The number of anilines is 1.